The van der Waals surface area contributed by atoms with E-state index in [0.29, 0.717) is 12.8 Å². The summed E-state index contributed by atoms with van der Waals surface area (Å²) in [6.45, 7) is 6.00. The number of carbonyl (C=O) groups excluding carboxylic acids is 4. The SMILES string of the molecule is CCCC(=O)C1C(=O)CC(CC(C)SCCSCC)C(C(=O)OC)C1=O. The predicted molar refractivity (Wildman–Crippen MR) is 107 cm³/mol. The summed E-state index contributed by atoms with van der Waals surface area (Å²) in [6.07, 6.45) is 1.45. The van der Waals surface area contributed by atoms with Crippen molar-refractivity contribution in [2.24, 2.45) is 17.8 Å². The number of Topliss-reactive ketones (excluding diaryl/α,β-unsaturated/α-hetero) is 3. The van der Waals surface area contributed by atoms with Gasteiger partial charge >= 0.3 is 5.97 Å². The van der Waals surface area contributed by atoms with Gasteiger partial charge in [-0.3, -0.25) is 19.2 Å². The summed E-state index contributed by atoms with van der Waals surface area (Å²) >= 11 is 3.66. The van der Waals surface area contributed by atoms with Gasteiger partial charge in [0.25, 0.3) is 0 Å². The molecule has 4 atom stereocenters. The molecular weight excluding hydrogens is 372 g/mol. The number of rotatable bonds is 11. The number of hydrogen-bond acceptors (Lipinski definition) is 7. The molecule has 0 radical (unpaired) electrons. The lowest BCUT2D eigenvalue weighted by atomic mass is 9.69. The quantitative estimate of drug-likeness (QED) is 0.298. The number of ether oxygens (including phenoxy) is 1. The molecule has 1 aliphatic rings. The van der Waals surface area contributed by atoms with Crippen molar-refractivity contribution in [1.82, 2.24) is 0 Å². The summed E-state index contributed by atoms with van der Waals surface area (Å²) in [5.41, 5.74) is 0. The van der Waals surface area contributed by atoms with Crippen molar-refractivity contribution in [1.29, 1.82) is 0 Å². The fourth-order valence-electron chi connectivity index (χ4n) is 3.40. The first-order chi connectivity index (χ1) is 12.4. The molecule has 0 aliphatic heterocycles. The molecular formula is C19H30O5S2. The molecule has 1 fully saturated rings. The summed E-state index contributed by atoms with van der Waals surface area (Å²) in [5, 5.41) is 0.230. The lowest BCUT2D eigenvalue weighted by Gasteiger charge is -2.33. The van der Waals surface area contributed by atoms with Crippen LogP contribution in [0.3, 0.4) is 0 Å². The molecule has 1 aliphatic carbocycles. The fraction of sp³-hybridized carbons (Fsp3) is 0.789. The van der Waals surface area contributed by atoms with E-state index in [0.717, 1.165) is 17.3 Å². The summed E-state index contributed by atoms with van der Waals surface area (Å²) in [6, 6.07) is 0. The average Bonchev–Trinajstić information content (AvgIpc) is 2.58. The molecule has 0 spiro atoms. The van der Waals surface area contributed by atoms with Crippen molar-refractivity contribution in [3.8, 4) is 0 Å². The van der Waals surface area contributed by atoms with Gasteiger partial charge in [-0.2, -0.15) is 23.5 Å². The lowest BCUT2D eigenvalue weighted by Crippen LogP contribution is -2.48. The number of methoxy groups -OCH3 is 1. The molecule has 26 heavy (non-hydrogen) atoms. The van der Waals surface area contributed by atoms with Crippen LogP contribution >= 0.6 is 23.5 Å². The molecule has 0 saturated heterocycles. The standard InChI is InChI=1S/C19H30O5S2/c1-5-7-14(20)17-15(21)11-13(16(18(17)22)19(23)24-4)10-12(3)26-9-8-25-6-2/h12-13,16-17H,5-11H2,1-4H3. The maximum atomic E-state index is 12.8. The van der Waals surface area contributed by atoms with E-state index < -0.39 is 23.6 Å². The van der Waals surface area contributed by atoms with Crippen LogP contribution < -0.4 is 0 Å². The third-order valence-electron chi connectivity index (χ3n) is 4.59. The van der Waals surface area contributed by atoms with Gasteiger partial charge in [-0.05, 0) is 24.5 Å². The second-order valence-corrected chi connectivity index (χ2v) is 9.54. The molecule has 0 bridgehead atoms. The smallest absolute Gasteiger partial charge is 0.316 e. The van der Waals surface area contributed by atoms with Crippen molar-refractivity contribution >= 4 is 46.8 Å². The van der Waals surface area contributed by atoms with Gasteiger partial charge in [-0.1, -0.05) is 20.8 Å². The fourth-order valence-corrected chi connectivity index (χ4v) is 5.33. The van der Waals surface area contributed by atoms with E-state index in [1.54, 1.807) is 11.8 Å². The summed E-state index contributed by atoms with van der Waals surface area (Å²) < 4.78 is 4.82. The van der Waals surface area contributed by atoms with Crippen molar-refractivity contribution in [2.45, 2.75) is 51.7 Å². The Labute approximate surface area is 164 Å². The zero-order valence-electron chi connectivity index (χ0n) is 16.1. The largest absolute Gasteiger partial charge is 0.468 e. The molecule has 1 saturated carbocycles. The number of carbonyl (C=O) groups is 4. The van der Waals surface area contributed by atoms with E-state index in [-0.39, 0.29) is 35.6 Å². The van der Waals surface area contributed by atoms with Gasteiger partial charge in [0.15, 0.2) is 17.3 Å². The van der Waals surface area contributed by atoms with Crippen LogP contribution in [0.2, 0.25) is 0 Å². The summed E-state index contributed by atoms with van der Waals surface area (Å²) in [4.78, 5) is 49.7. The molecule has 0 N–H and O–H groups in total. The first-order valence-electron chi connectivity index (χ1n) is 9.23. The Morgan fingerprint density at radius 3 is 2.50 bits per heavy atom. The van der Waals surface area contributed by atoms with Gasteiger partial charge in [0, 0.05) is 29.6 Å². The minimum atomic E-state index is -1.28. The Morgan fingerprint density at radius 2 is 1.92 bits per heavy atom. The van der Waals surface area contributed by atoms with Gasteiger partial charge in [0.1, 0.15) is 11.8 Å². The Balaban J connectivity index is 2.84. The van der Waals surface area contributed by atoms with E-state index in [9.17, 15) is 19.2 Å². The average molecular weight is 403 g/mol. The Kier molecular flexibility index (Phi) is 10.5. The molecule has 4 unspecified atom stereocenters. The van der Waals surface area contributed by atoms with Crippen LogP contribution in [0, 0.1) is 17.8 Å². The maximum absolute atomic E-state index is 12.8. The van der Waals surface area contributed by atoms with Gasteiger partial charge in [-0.15, -0.1) is 0 Å². The normalized spacial score (nSPS) is 24.4. The van der Waals surface area contributed by atoms with Crippen molar-refractivity contribution in [3.63, 3.8) is 0 Å². The van der Waals surface area contributed by atoms with E-state index in [1.165, 1.54) is 7.11 Å². The highest BCUT2D eigenvalue weighted by Crippen LogP contribution is 2.36. The predicted octanol–water partition coefficient (Wildman–Crippen LogP) is 3.18. The molecule has 0 aromatic rings. The first-order valence-corrected chi connectivity index (χ1v) is 11.4. The summed E-state index contributed by atoms with van der Waals surface area (Å²) in [7, 11) is 1.24. The number of thioether (sulfide) groups is 2. The molecule has 0 aromatic heterocycles. The van der Waals surface area contributed by atoms with Gasteiger partial charge in [0.2, 0.25) is 0 Å². The van der Waals surface area contributed by atoms with Crippen molar-refractivity contribution in [3.05, 3.63) is 0 Å². The number of ketones is 3. The topological polar surface area (TPSA) is 77.5 Å². The third kappa shape index (κ3) is 6.41. The minimum Gasteiger partial charge on any atom is -0.468 e. The van der Waals surface area contributed by atoms with E-state index in [1.807, 2.05) is 18.7 Å². The zero-order chi connectivity index (χ0) is 19.7. The van der Waals surface area contributed by atoms with Crippen LogP contribution in [-0.4, -0.2) is 52.9 Å². The molecule has 0 aromatic carbocycles. The molecule has 1 rings (SSSR count). The molecule has 148 valence electrons. The maximum Gasteiger partial charge on any atom is 0.316 e. The highest BCUT2D eigenvalue weighted by Gasteiger charge is 2.49. The minimum absolute atomic E-state index is 0.0975. The Hall–Kier alpha value is -0.820. The monoisotopic (exact) mass is 402 g/mol. The van der Waals surface area contributed by atoms with Crippen LogP contribution in [0.5, 0.6) is 0 Å². The lowest BCUT2D eigenvalue weighted by molar-refractivity contribution is -0.158. The van der Waals surface area contributed by atoms with Gasteiger partial charge in [-0.25, -0.2) is 0 Å². The third-order valence-corrected chi connectivity index (χ3v) is 6.95. The van der Waals surface area contributed by atoms with Crippen LogP contribution in [0.4, 0.5) is 0 Å². The van der Waals surface area contributed by atoms with Crippen LogP contribution in [0.1, 0.15) is 46.5 Å². The van der Waals surface area contributed by atoms with Gasteiger partial charge < -0.3 is 4.74 Å². The number of hydrogen-bond donors (Lipinski definition) is 0. The van der Waals surface area contributed by atoms with E-state index in [4.69, 9.17) is 4.74 Å². The second-order valence-electron chi connectivity index (χ2n) is 6.60. The second kappa shape index (κ2) is 11.8. The highest BCUT2D eigenvalue weighted by atomic mass is 32.2. The van der Waals surface area contributed by atoms with Crippen molar-refractivity contribution < 1.29 is 23.9 Å². The van der Waals surface area contributed by atoms with Gasteiger partial charge in [0.05, 0.1) is 7.11 Å². The molecule has 5 nitrogen and oxygen atoms in total. The molecule has 0 heterocycles. The van der Waals surface area contributed by atoms with Crippen molar-refractivity contribution in [2.75, 3.05) is 24.4 Å². The Bertz CT molecular complexity index is 520. The van der Waals surface area contributed by atoms with Crippen LogP contribution in [0.15, 0.2) is 0 Å². The first kappa shape index (κ1) is 23.2. The van der Waals surface area contributed by atoms with Crippen LogP contribution in [-0.2, 0) is 23.9 Å². The van der Waals surface area contributed by atoms with Crippen LogP contribution in [0.25, 0.3) is 0 Å². The highest BCUT2D eigenvalue weighted by molar-refractivity contribution is 8.03. The number of esters is 1. The Morgan fingerprint density at radius 1 is 1.23 bits per heavy atom. The molecule has 0 amide bonds. The zero-order valence-corrected chi connectivity index (χ0v) is 17.7. The molecule has 7 heteroatoms. The van der Waals surface area contributed by atoms with E-state index in [2.05, 4.69) is 13.8 Å². The van der Waals surface area contributed by atoms with E-state index >= 15 is 0 Å². The summed E-state index contributed by atoms with van der Waals surface area (Å²) in [5.74, 6) is -1.41.